The maximum atomic E-state index is 12.9. The standard InChI is InChI=1S/C10H10F2O3S/c1-2-16(14,15)9-5-3-8(4-6-9)10(11,12)7-13/h3-7H,2H2,1H3. The fourth-order valence-corrected chi connectivity index (χ4v) is 2.00. The van der Waals surface area contributed by atoms with E-state index in [1.54, 1.807) is 0 Å². The molecule has 3 nitrogen and oxygen atoms in total. The van der Waals surface area contributed by atoms with Crippen molar-refractivity contribution >= 4 is 16.1 Å². The Kier molecular flexibility index (Phi) is 3.42. The van der Waals surface area contributed by atoms with Crippen LogP contribution in [0.2, 0.25) is 0 Å². The molecule has 0 fully saturated rings. The van der Waals surface area contributed by atoms with Gasteiger partial charge in [0.25, 0.3) is 0 Å². The van der Waals surface area contributed by atoms with Crippen LogP contribution in [-0.4, -0.2) is 20.5 Å². The summed E-state index contributed by atoms with van der Waals surface area (Å²) in [5, 5.41) is 0. The molecule has 1 rings (SSSR count). The number of halogens is 2. The number of hydrogen-bond donors (Lipinski definition) is 0. The van der Waals surface area contributed by atoms with Crippen LogP contribution in [0.15, 0.2) is 29.2 Å². The van der Waals surface area contributed by atoms with E-state index >= 15 is 0 Å². The van der Waals surface area contributed by atoms with Gasteiger partial charge in [-0.3, -0.25) is 4.79 Å². The number of hydrogen-bond acceptors (Lipinski definition) is 3. The van der Waals surface area contributed by atoms with Crippen LogP contribution in [-0.2, 0) is 20.6 Å². The van der Waals surface area contributed by atoms with E-state index < -0.39 is 27.6 Å². The van der Waals surface area contributed by atoms with Crippen molar-refractivity contribution in [2.24, 2.45) is 0 Å². The van der Waals surface area contributed by atoms with Crippen LogP contribution in [0.4, 0.5) is 8.78 Å². The molecule has 0 aliphatic heterocycles. The topological polar surface area (TPSA) is 51.2 Å². The van der Waals surface area contributed by atoms with Crippen LogP contribution in [0.1, 0.15) is 12.5 Å². The zero-order valence-corrected chi connectivity index (χ0v) is 9.30. The predicted octanol–water partition coefficient (Wildman–Crippen LogP) is 1.77. The molecule has 0 atom stereocenters. The average molecular weight is 248 g/mol. The third kappa shape index (κ3) is 2.44. The summed E-state index contributed by atoms with van der Waals surface area (Å²) >= 11 is 0. The average Bonchev–Trinajstić information content (AvgIpc) is 2.29. The van der Waals surface area contributed by atoms with Gasteiger partial charge in [0.15, 0.2) is 16.1 Å². The van der Waals surface area contributed by atoms with Crippen LogP contribution in [0.3, 0.4) is 0 Å². The molecule has 1 aromatic rings. The van der Waals surface area contributed by atoms with Crippen molar-refractivity contribution in [2.45, 2.75) is 17.7 Å². The van der Waals surface area contributed by atoms with Crippen molar-refractivity contribution in [3.05, 3.63) is 29.8 Å². The SMILES string of the molecule is CCS(=O)(=O)c1ccc(C(F)(F)C=O)cc1. The number of rotatable bonds is 4. The van der Waals surface area contributed by atoms with Gasteiger partial charge >= 0.3 is 5.92 Å². The summed E-state index contributed by atoms with van der Waals surface area (Å²) in [6, 6.07) is 4.03. The number of aldehydes is 1. The van der Waals surface area contributed by atoms with E-state index in [-0.39, 0.29) is 10.6 Å². The molecule has 0 N–H and O–H groups in total. The summed E-state index contributed by atoms with van der Waals surface area (Å²) in [6.45, 7) is 1.46. The predicted molar refractivity (Wildman–Crippen MR) is 54.1 cm³/mol. The first-order valence-electron chi connectivity index (χ1n) is 4.51. The van der Waals surface area contributed by atoms with Gasteiger partial charge in [0, 0.05) is 5.56 Å². The van der Waals surface area contributed by atoms with Crippen molar-refractivity contribution in [3.63, 3.8) is 0 Å². The second-order valence-corrected chi connectivity index (χ2v) is 5.45. The third-order valence-corrected chi connectivity index (χ3v) is 3.88. The molecule has 0 radical (unpaired) electrons. The minimum absolute atomic E-state index is 0.0274. The van der Waals surface area contributed by atoms with Gasteiger partial charge in [-0.15, -0.1) is 0 Å². The highest BCUT2D eigenvalue weighted by Gasteiger charge is 2.30. The van der Waals surface area contributed by atoms with Crippen LogP contribution in [0.25, 0.3) is 0 Å². The molecule has 16 heavy (non-hydrogen) atoms. The Labute approximate surface area is 92.0 Å². The molecule has 0 heterocycles. The van der Waals surface area contributed by atoms with Gasteiger partial charge in [0.05, 0.1) is 10.6 Å². The van der Waals surface area contributed by atoms with Crippen LogP contribution in [0, 0.1) is 0 Å². The maximum Gasteiger partial charge on any atom is 0.327 e. The lowest BCUT2D eigenvalue weighted by Gasteiger charge is -2.09. The van der Waals surface area contributed by atoms with E-state index in [0.717, 1.165) is 24.3 Å². The largest absolute Gasteiger partial charge is 0.327 e. The highest BCUT2D eigenvalue weighted by molar-refractivity contribution is 7.91. The molecule has 0 amide bonds. The monoisotopic (exact) mass is 248 g/mol. The third-order valence-electron chi connectivity index (χ3n) is 2.13. The number of alkyl halides is 2. The van der Waals surface area contributed by atoms with Gasteiger partial charge < -0.3 is 0 Å². The van der Waals surface area contributed by atoms with Gasteiger partial charge in [-0.2, -0.15) is 8.78 Å². The van der Waals surface area contributed by atoms with Crippen molar-refractivity contribution < 1.29 is 22.0 Å². The second kappa shape index (κ2) is 4.29. The summed E-state index contributed by atoms with van der Waals surface area (Å²) in [5.41, 5.74) is -0.516. The zero-order valence-electron chi connectivity index (χ0n) is 8.48. The fraction of sp³-hybridized carbons (Fsp3) is 0.300. The van der Waals surface area contributed by atoms with Gasteiger partial charge in [-0.05, 0) is 12.1 Å². The molecule has 0 saturated carbocycles. The molecule has 1 aromatic carbocycles. The molecule has 0 spiro atoms. The van der Waals surface area contributed by atoms with Crippen LogP contribution in [0.5, 0.6) is 0 Å². The Morgan fingerprint density at radius 1 is 1.25 bits per heavy atom. The first kappa shape index (κ1) is 12.8. The van der Waals surface area contributed by atoms with E-state index in [9.17, 15) is 22.0 Å². The van der Waals surface area contributed by atoms with Crippen molar-refractivity contribution in [3.8, 4) is 0 Å². The quantitative estimate of drug-likeness (QED) is 0.763. The zero-order chi connectivity index (χ0) is 12.4. The van der Waals surface area contributed by atoms with E-state index in [2.05, 4.69) is 0 Å². The van der Waals surface area contributed by atoms with Crippen molar-refractivity contribution in [1.82, 2.24) is 0 Å². The minimum Gasteiger partial charge on any atom is -0.296 e. The lowest BCUT2D eigenvalue weighted by molar-refractivity contribution is -0.130. The summed E-state index contributed by atoms with van der Waals surface area (Å²) in [6.07, 6.45) is -0.476. The molecular weight excluding hydrogens is 238 g/mol. The molecule has 0 saturated heterocycles. The van der Waals surface area contributed by atoms with Crippen molar-refractivity contribution in [1.29, 1.82) is 0 Å². The number of sulfone groups is 1. The molecule has 0 unspecified atom stereocenters. The Morgan fingerprint density at radius 2 is 1.75 bits per heavy atom. The first-order valence-corrected chi connectivity index (χ1v) is 6.16. The summed E-state index contributed by atoms with van der Waals surface area (Å²) in [5.74, 6) is -3.68. The van der Waals surface area contributed by atoms with Gasteiger partial charge in [-0.25, -0.2) is 8.42 Å². The van der Waals surface area contributed by atoms with Crippen LogP contribution >= 0.6 is 0 Å². The van der Waals surface area contributed by atoms with E-state index in [4.69, 9.17) is 0 Å². The van der Waals surface area contributed by atoms with Crippen molar-refractivity contribution in [2.75, 3.05) is 5.75 Å². The van der Waals surface area contributed by atoms with Gasteiger partial charge in [0.2, 0.25) is 0 Å². The minimum atomic E-state index is -3.57. The Balaban J connectivity index is 3.15. The number of carbonyl (C=O) groups excluding carboxylic acids is 1. The molecule has 88 valence electrons. The van der Waals surface area contributed by atoms with E-state index in [0.29, 0.717) is 0 Å². The van der Waals surface area contributed by atoms with Gasteiger partial charge in [0.1, 0.15) is 0 Å². The highest BCUT2D eigenvalue weighted by Crippen LogP contribution is 2.26. The molecule has 0 aliphatic carbocycles. The molecule has 6 heteroatoms. The van der Waals surface area contributed by atoms with E-state index in [1.165, 1.54) is 6.92 Å². The summed E-state index contributed by atoms with van der Waals surface area (Å²) in [4.78, 5) is 10.1. The second-order valence-electron chi connectivity index (χ2n) is 3.17. The lowest BCUT2D eigenvalue weighted by Crippen LogP contribution is -2.15. The van der Waals surface area contributed by atoms with Gasteiger partial charge in [-0.1, -0.05) is 19.1 Å². The van der Waals surface area contributed by atoms with E-state index in [1.807, 2.05) is 0 Å². The molecule has 0 aliphatic rings. The Bertz CT molecular complexity index is 477. The normalized spacial score (nSPS) is 12.4. The Morgan fingerprint density at radius 3 is 2.12 bits per heavy atom. The number of benzene rings is 1. The summed E-state index contributed by atoms with van der Waals surface area (Å²) < 4.78 is 48.5. The first-order chi connectivity index (χ1) is 7.33. The smallest absolute Gasteiger partial charge is 0.296 e. The lowest BCUT2D eigenvalue weighted by atomic mass is 10.1. The molecule has 0 bridgehead atoms. The number of carbonyl (C=O) groups is 1. The Hall–Kier alpha value is -1.30. The maximum absolute atomic E-state index is 12.9. The molecule has 0 aromatic heterocycles. The highest BCUT2D eigenvalue weighted by atomic mass is 32.2. The molecular formula is C10H10F2O3S. The fourth-order valence-electron chi connectivity index (χ4n) is 1.12. The summed E-state index contributed by atoms with van der Waals surface area (Å²) in [7, 11) is -3.40. The van der Waals surface area contributed by atoms with Crippen LogP contribution < -0.4 is 0 Å².